The van der Waals surface area contributed by atoms with Gasteiger partial charge >= 0.3 is 0 Å². The summed E-state index contributed by atoms with van der Waals surface area (Å²) in [5.74, 6) is 3.72. The zero-order valence-electron chi connectivity index (χ0n) is 16.7. The monoisotopic (exact) mass is 391 g/mol. The van der Waals surface area contributed by atoms with Gasteiger partial charge in [-0.1, -0.05) is 36.4 Å². The molecule has 0 aliphatic carbocycles. The highest BCUT2D eigenvalue weighted by Crippen LogP contribution is 2.60. The molecule has 0 N–H and O–H groups in total. The van der Waals surface area contributed by atoms with Gasteiger partial charge in [-0.3, -0.25) is 4.98 Å². The summed E-state index contributed by atoms with van der Waals surface area (Å²) in [5, 5.41) is 0. The lowest BCUT2D eigenvalue weighted by atomic mass is 9.77. The lowest BCUT2D eigenvalue weighted by Crippen LogP contribution is -2.50. The second-order valence-electron chi connectivity index (χ2n) is 8.64. The maximum atomic E-state index is 6.64. The summed E-state index contributed by atoms with van der Waals surface area (Å²) >= 11 is 0. The topological polar surface area (TPSA) is 35.2 Å². The van der Waals surface area contributed by atoms with Crippen LogP contribution >= 0.6 is 0 Å². The van der Waals surface area contributed by atoms with Crippen molar-refractivity contribution in [3.05, 3.63) is 95.4 Å². The van der Waals surface area contributed by atoms with Gasteiger partial charge in [-0.25, -0.2) is 0 Å². The standard InChI is InChI=1S/C26H19N2O2/c1-26(2)24-17(18-14-27-11-12-28(18)26)13-21-23-22(15-7-3-5-9-19(15)29-21)16-8-4-6-10-20(16)30-25(23)24/h3-14,22H,1-2H3/q+1. The summed E-state index contributed by atoms with van der Waals surface area (Å²) in [5.41, 5.74) is 6.63. The second-order valence-corrected chi connectivity index (χ2v) is 8.64. The molecule has 3 aliphatic heterocycles. The number of fused-ring (bicyclic) bond motifs is 8. The molecular weight excluding hydrogens is 372 g/mol. The molecule has 0 fully saturated rings. The highest BCUT2D eigenvalue weighted by Gasteiger charge is 2.50. The molecule has 144 valence electrons. The SMILES string of the molecule is CC1(C)c2c(cc3c4c2Oc2ccccc2C4c2ccccc2O3)-c2cncc[n+]21. The molecule has 3 aromatic carbocycles. The molecular formula is C26H19N2O2+. The van der Waals surface area contributed by atoms with Crippen LogP contribution in [0.1, 0.15) is 42.0 Å². The summed E-state index contributed by atoms with van der Waals surface area (Å²) < 4.78 is 15.3. The van der Waals surface area contributed by atoms with Crippen LogP contribution in [-0.4, -0.2) is 4.98 Å². The van der Waals surface area contributed by atoms with Gasteiger partial charge in [0.15, 0.2) is 11.7 Å². The van der Waals surface area contributed by atoms with Crippen molar-refractivity contribution in [1.82, 2.24) is 4.98 Å². The van der Waals surface area contributed by atoms with Crippen molar-refractivity contribution in [2.75, 3.05) is 0 Å². The Labute approximate surface area is 174 Å². The van der Waals surface area contributed by atoms with E-state index in [1.807, 2.05) is 30.7 Å². The van der Waals surface area contributed by atoms with Crippen molar-refractivity contribution in [3.8, 4) is 34.3 Å². The average molecular weight is 391 g/mol. The Hall–Kier alpha value is -3.66. The van der Waals surface area contributed by atoms with Gasteiger partial charge < -0.3 is 9.47 Å². The highest BCUT2D eigenvalue weighted by atomic mass is 16.5. The third-order valence-electron chi connectivity index (χ3n) is 6.71. The van der Waals surface area contributed by atoms with E-state index < -0.39 is 0 Å². The van der Waals surface area contributed by atoms with E-state index in [-0.39, 0.29) is 11.5 Å². The number of rotatable bonds is 0. The van der Waals surface area contributed by atoms with Gasteiger partial charge in [-0.15, -0.1) is 0 Å². The molecule has 0 bridgehead atoms. The van der Waals surface area contributed by atoms with Crippen LogP contribution in [0.2, 0.25) is 0 Å². The summed E-state index contributed by atoms with van der Waals surface area (Å²) in [4.78, 5) is 4.39. The predicted molar refractivity (Wildman–Crippen MR) is 112 cm³/mol. The van der Waals surface area contributed by atoms with Gasteiger partial charge in [0.25, 0.3) is 0 Å². The smallest absolute Gasteiger partial charge is 0.232 e. The van der Waals surface area contributed by atoms with E-state index in [4.69, 9.17) is 9.47 Å². The zero-order valence-corrected chi connectivity index (χ0v) is 16.7. The van der Waals surface area contributed by atoms with Crippen LogP contribution in [0.5, 0.6) is 23.0 Å². The van der Waals surface area contributed by atoms with Crippen molar-refractivity contribution in [2.24, 2.45) is 0 Å². The fourth-order valence-corrected chi connectivity index (χ4v) is 5.42. The Morgan fingerprint density at radius 3 is 2.37 bits per heavy atom. The molecule has 1 atom stereocenters. The molecule has 0 saturated heterocycles. The van der Waals surface area contributed by atoms with Gasteiger partial charge in [-0.2, -0.15) is 4.57 Å². The molecule has 0 saturated carbocycles. The molecule has 0 amide bonds. The number of hydrogen-bond donors (Lipinski definition) is 0. The largest absolute Gasteiger partial charge is 0.457 e. The van der Waals surface area contributed by atoms with E-state index in [0.717, 1.165) is 39.8 Å². The molecule has 4 heterocycles. The second kappa shape index (κ2) is 5.28. The molecule has 0 radical (unpaired) electrons. The van der Waals surface area contributed by atoms with Crippen LogP contribution in [0.4, 0.5) is 0 Å². The molecule has 30 heavy (non-hydrogen) atoms. The normalized spacial score (nSPS) is 18.1. The van der Waals surface area contributed by atoms with Crippen molar-refractivity contribution >= 4 is 0 Å². The van der Waals surface area contributed by atoms with Crippen LogP contribution in [0, 0.1) is 0 Å². The van der Waals surface area contributed by atoms with Gasteiger partial charge in [0.2, 0.25) is 5.69 Å². The number of nitrogens with zero attached hydrogens (tertiary/aromatic N) is 2. The average Bonchev–Trinajstić information content (AvgIpc) is 3.00. The lowest BCUT2D eigenvalue weighted by molar-refractivity contribution is -0.732. The van der Waals surface area contributed by atoms with Gasteiger partial charge in [0.05, 0.1) is 29.1 Å². The number of ether oxygens (including phenoxy) is 2. The minimum Gasteiger partial charge on any atom is -0.457 e. The van der Waals surface area contributed by atoms with Crippen molar-refractivity contribution < 1.29 is 14.0 Å². The van der Waals surface area contributed by atoms with Gasteiger partial charge in [0, 0.05) is 30.9 Å². The summed E-state index contributed by atoms with van der Waals surface area (Å²) in [6.45, 7) is 4.48. The molecule has 4 heteroatoms. The predicted octanol–water partition coefficient (Wildman–Crippen LogP) is 5.52. The van der Waals surface area contributed by atoms with Crippen LogP contribution in [0.25, 0.3) is 11.3 Å². The van der Waals surface area contributed by atoms with Crippen LogP contribution in [0.3, 0.4) is 0 Å². The molecule has 3 aliphatic rings. The maximum absolute atomic E-state index is 6.64. The third kappa shape index (κ3) is 1.82. The Bertz CT molecular complexity index is 1380. The van der Waals surface area contributed by atoms with Gasteiger partial charge in [0.1, 0.15) is 23.0 Å². The highest BCUT2D eigenvalue weighted by molar-refractivity contribution is 5.79. The van der Waals surface area contributed by atoms with E-state index >= 15 is 0 Å². The number of para-hydroxylation sites is 2. The van der Waals surface area contributed by atoms with Crippen molar-refractivity contribution in [3.63, 3.8) is 0 Å². The molecule has 4 aromatic rings. The fraction of sp³-hybridized carbons (Fsp3) is 0.154. The Balaban J connectivity index is 1.61. The van der Waals surface area contributed by atoms with E-state index in [2.05, 4.69) is 65.9 Å². The van der Waals surface area contributed by atoms with E-state index in [1.54, 1.807) is 0 Å². The fourth-order valence-electron chi connectivity index (χ4n) is 5.42. The van der Waals surface area contributed by atoms with E-state index in [9.17, 15) is 0 Å². The molecule has 1 aromatic heterocycles. The van der Waals surface area contributed by atoms with E-state index in [1.165, 1.54) is 16.7 Å². The molecule has 4 nitrogen and oxygen atoms in total. The first-order valence-corrected chi connectivity index (χ1v) is 10.3. The number of hydrogen-bond acceptors (Lipinski definition) is 3. The quantitative estimate of drug-likeness (QED) is 0.320. The summed E-state index contributed by atoms with van der Waals surface area (Å²) in [7, 11) is 0. The van der Waals surface area contributed by atoms with Crippen molar-refractivity contribution in [1.29, 1.82) is 0 Å². The summed E-state index contributed by atoms with van der Waals surface area (Å²) in [6.07, 6.45) is 5.82. The number of benzene rings is 3. The van der Waals surface area contributed by atoms with Crippen LogP contribution in [-0.2, 0) is 5.54 Å². The van der Waals surface area contributed by atoms with Crippen LogP contribution in [0.15, 0.2) is 73.2 Å². The Morgan fingerprint density at radius 1 is 0.900 bits per heavy atom. The lowest BCUT2D eigenvalue weighted by Gasteiger charge is -2.36. The Morgan fingerprint density at radius 2 is 1.60 bits per heavy atom. The van der Waals surface area contributed by atoms with Crippen LogP contribution < -0.4 is 14.0 Å². The maximum Gasteiger partial charge on any atom is 0.232 e. The number of aromatic nitrogens is 2. The molecule has 7 rings (SSSR count). The van der Waals surface area contributed by atoms with E-state index in [0.29, 0.717) is 0 Å². The molecule has 0 spiro atoms. The third-order valence-corrected chi connectivity index (χ3v) is 6.71. The zero-order chi connectivity index (χ0) is 20.0. The van der Waals surface area contributed by atoms with Crippen molar-refractivity contribution in [2.45, 2.75) is 25.3 Å². The first-order chi connectivity index (χ1) is 14.6. The first kappa shape index (κ1) is 16.2. The Kier molecular flexibility index (Phi) is 2.84. The minimum absolute atomic E-state index is 0.0952. The van der Waals surface area contributed by atoms with Gasteiger partial charge in [-0.05, 0) is 18.2 Å². The summed E-state index contributed by atoms with van der Waals surface area (Å²) in [6, 6.07) is 18.9. The minimum atomic E-state index is -0.258. The first-order valence-electron chi connectivity index (χ1n) is 10.3. The molecule has 1 unspecified atom stereocenters.